The smallest absolute Gasteiger partial charge is 0.308 e. The second kappa shape index (κ2) is 13.1. The summed E-state index contributed by atoms with van der Waals surface area (Å²) >= 11 is 0. The number of fused-ring (bicyclic) bond motifs is 3. The molecule has 3 aliphatic rings. The average molecular weight is 567 g/mol. The van der Waals surface area contributed by atoms with Crippen LogP contribution in [0.5, 0.6) is 0 Å². The van der Waals surface area contributed by atoms with Crippen molar-refractivity contribution in [1.29, 1.82) is 0 Å². The molecule has 3 fully saturated rings. The fourth-order valence-corrected chi connectivity index (χ4v) is 6.55. The Kier molecular flexibility index (Phi) is 10.8. The molecular weight excluding hydrogens is 516 g/mol. The normalized spacial score (nSPS) is 31.4. The van der Waals surface area contributed by atoms with E-state index in [0.29, 0.717) is 32.1 Å². The van der Waals surface area contributed by atoms with Crippen LogP contribution in [0.25, 0.3) is 0 Å². The van der Waals surface area contributed by atoms with Gasteiger partial charge in [0.05, 0.1) is 31.8 Å². The molecule has 0 bridgehead atoms. The number of rotatable bonds is 12. The molecule has 3 aliphatic heterocycles. The topological polar surface area (TPSA) is 89.5 Å². The molecule has 3 saturated heterocycles. The maximum absolute atomic E-state index is 12.6. The number of ether oxygens (including phenoxy) is 5. The van der Waals surface area contributed by atoms with Gasteiger partial charge in [0, 0.05) is 6.42 Å². The lowest BCUT2D eigenvalue weighted by molar-refractivity contribution is -0.249. The molecule has 9 heteroatoms. The molecule has 0 radical (unpaired) electrons. The van der Waals surface area contributed by atoms with Crippen LogP contribution in [0.1, 0.15) is 79.6 Å². The number of allylic oxidation sites excluding steroid dienone is 2. The first-order chi connectivity index (χ1) is 18.3. The van der Waals surface area contributed by atoms with Gasteiger partial charge in [0.25, 0.3) is 0 Å². The predicted octanol–water partition coefficient (Wildman–Crippen LogP) is 5.65. The average Bonchev–Trinajstić information content (AvgIpc) is 3.29. The van der Waals surface area contributed by atoms with Crippen molar-refractivity contribution in [2.24, 2.45) is 0 Å². The fraction of sp³-hybridized carbons (Fsp3) is 0.800. The Labute approximate surface area is 235 Å². The van der Waals surface area contributed by atoms with Crippen molar-refractivity contribution in [3.8, 4) is 0 Å². The van der Waals surface area contributed by atoms with Crippen LogP contribution in [-0.4, -0.2) is 75.7 Å². The molecule has 0 aromatic carbocycles. The summed E-state index contributed by atoms with van der Waals surface area (Å²) in [5, 5.41) is -0.0404. The lowest BCUT2D eigenvalue weighted by atomic mass is 9.87. The first-order valence-electron chi connectivity index (χ1n) is 14.5. The third-order valence-corrected chi connectivity index (χ3v) is 13.3. The van der Waals surface area contributed by atoms with E-state index in [9.17, 15) is 9.59 Å². The van der Waals surface area contributed by atoms with Crippen molar-refractivity contribution in [2.75, 3.05) is 7.11 Å². The summed E-state index contributed by atoms with van der Waals surface area (Å²) in [5.74, 6) is -1.02. The van der Waals surface area contributed by atoms with E-state index in [1.54, 1.807) is 12.2 Å². The molecule has 222 valence electrons. The SMILES string of the molecule is C=CCCC(=O)/C=C/[C@H](O[Si](C)(C)C(C)(C)C)[C@@H]1O[C@H]2CC[C@H](CC(=O)OC)O[C@@H]2[C@@H]2OC(CC)(CC)O[C@@H]21. The molecule has 3 heterocycles. The van der Waals surface area contributed by atoms with Crippen molar-refractivity contribution in [2.45, 2.75) is 146 Å². The van der Waals surface area contributed by atoms with E-state index in [0.717, 1.165) is 6.42 Å². The number of ketones is 1. The van der Waals surface area contributed by atoms with Crippen molar-refractivity contribution in [3.63, 3.8) is 0 Å². The van der Waals surface area contributed by atoms with Gasteiger partial charge < -0.3 is 28.1 Å². The highest BCUT2D eigenvalue weighted by molar-refractivity contribution is 6.74. The van der Waals surface area contributed by atoms with Gasteiger partial charge in [-0.15, -0.1) is 6.58 Å². The lowest BCUT2D eigenvalue weighted by Crippen LogP contribution is -2.63. The van der Waals surface area contributed by atoms with E-state index in [4.69, 9.17) is 28.1 Å². The number of carbonyl (C=O) groups excluding carboxylic acids is 2. The lowest BCUT2D eigenvalue weighted by Gasteiger charge is -2.49. The number of esters is 1. The van der Waals surface area contributed by atoms with Crippen LogP contribution in [0.3, 0.4) is 0 Å². The molecule has 0 amide bonds. The van der Waals surface area contributed by atoms with Gasteiger partial charge in [-0.3, -0.25) is 9.59 Å². The molecule has 0 aromatic heterocycles. The Morgan fingerprint density at radius 1 is 1.08 bits per heavy atom. The van der Waals surface area contributed by atoms with Crippen molar-refractivity contribution < 1.29 is 37.7 Å². The quantitative estimate of drug-likeness (QED) is 0.130. The van der Waals surface area contributed by atoms with Gasteiger partial charge in [-0.25, -0.2) is 0 Å². The van der Waals surface area contributed by atoms with Gasteiger partial charge in [0.1, 0.15) is 24.4 Å². The molecule has 39 heavy (non-hydrogen) atoms. The summed E-state index contributed by atoms with van der Waals surface area (Å²) in [5.41, 5.74) is 0. The third kappa shape index (κ3) is 7.48. The Morgan fingerprint density at radius 2 is 1.74 bits per heavy atom. The number of carbonyl (C=O) groups is 2. The molecular formula is C30H50O8Si. The van der Waals surface area contributed by atoms with E-state index in [1.165, 1.54) is 7.11 Å². The van der Waals surface area contributed by atoms with Gasteiger partial charge in [-0.2, -0.15) is 0 Å². The van der Waals surface area contributed by atoms with Crippen LogP contribution in [0.15, 0.2) is 24.8 Å². The highest BCUT2D eigenvalue weighted by Crippen LogP contribution is 2.47. The van der Waals surface area contributed by atoms with E-state index in [1.807, 2.05) is 6.08 Å². The van der Waals surface area contributed by atoms with Crippen molar-refractivity contribution >= 4 is 20.1 Å². The number of hydrogen-bond donors (Lipinski definition) is 0. The second-order valence-electron chi connectivity index (χ2n) is 12.5. The first-order valence-corrected chi connectivity index (χ1v) is 17.4. The summed E-state index contributed by atoms with van der Waals surface area (Å²) in [6, 6.07) is 0. The Bertz CT molecular complexity index is 890. The van der Waals surface area contributed by atoms with Crippen LogP contribution >= 0.6 is 0 Å². The molecule has 8 nitrogen and oxygen atoms in total. The minimum Gasteiger partial charge on any atom is -0.469 e. The monoisotopic (exact) mass is 566 g/mol. The standard InChI is InChI=1S/C30H50O8Si/c1-10-13-14-20(31)15-17-23(38-39(8,9)29(4,5)6)26-28-27(36-30(11-2,12-3)37-28)25-22(35-26)18-16-21(34-25)19-24(32)33-7/h10,15,17,21-23,25-28H,1,11-14,16,18-19H2,2-9H3/b17-15+/t21-,22+,23+,25+,26+,27+,28-/m1/s1. The maximum Gasteiger partial charge on any atom is 0.308 e. The van der Waals surface area contributed by atoms with Gasteiger partial charge in [-0.1, -0.05) is 46.8 Å². The molecule has 0 spiro atoms. The van der Waals surface area contributed by atoms with E-state index in [-0.39, 0.29) is 47.6 Å². The Morgan fingerprint density at radius 3 is 2.33 bits per heavy atom. The molecule has 0 saturated carbocycles. The molecule has 7 atom stereocenters. The van der Waals surface area contributed by atoms with E-state index in [2.05, 4.69) is 54.3 Å². The van der Waals surface area contributed by atoms with Crippen LogP contribution in [0, 0.1) is 0 Å². The summed E-state index contributed by atoms with van der Waals surface area (Å²) in [7, 11) is -0.870. The zero-order valence-corrected chi connectivity index (χ0v) is 26.2. The Hall–Kier alpha value is -1.36. The summed E-state index contributed by atoms with van der Waals surface area (Å²) in [6.45, 7) is 18.8. The second-order valence-corrected chi connectivity index (χ2v) is 17.3. The summed E-state index contributed by atoms with van der Waals surface area (Å²) in [4.78, 5) is 24.6. The van der Waals surface area contributed by atoms with E-state index >= 15 is 0 Å². The van der Waals surface area contributed by atoms with Crippen molar-refractivity contribution in [3.05, 3.63) is 24.8 Å². The van der Waals surface area contributed by atoms with Crippen LogP contribution in [0.2, 0.25) is 18.1 Å². The van der Waals surface area contributed by atoms with Crippen molar-refractivity contribution in [1.82, 2.24) is 0 Å². The number of hydrogen-bond acceptors (Lipinski definition) is 8. The highest BCUT2D eigenvalue weighted by atomic mass is 28.4. The van der Waals surface area contributed by atoms with Crippen LogP contribution in [-0.2, 0) is 37.7 Å². The summed E-state index contributed by atoms with van der Waals surface area (Å²) < 4.78 is 38.4. The molecule has 0 N–H and O–H groups in total. The predicted molar refractivity (Wildman–Crippen MR) is 152 cm³/mol. The number of methoxy groups -OCH3 is 1. The van der Waals surface area contributed by atoms with Gasteiger partial charge in [0.2, 0.25) is 0 Å². The Balaban J connectivity index is 1.95. The molecule has 0 aromatic rings. The zero-order chi connectivity index (χ0) is 29.0. The fourth-order valence-electron chi connectivity index (χ4n) is 5.30. The maximum atomic E-state index is 12.6. The van der Waals surface area contributed by atoms with Crippen LogP contribution in [0.4, 0.5) is 0 Å². The van der Waals surface area contributed by atoms with Crippen LogP contribution < -0.4 is 0 Å². The molecule has 0 unspecified atom stereocenters. The first kappa shape index (κ1) is 32.2. The minimum absolute atomic E-state index is 0.0238. The van der Waals surface area contributed by atoms with Gasteiger partial charge >= 0.3 is 5.97 Å². The summed E-state index contributed by atoms with van der Waals surface area (Å²) in [6.07, 6.45) is 6.52. The minimum atomic E-state index is -2.26. The zero-order valence-electron chi connectivity index (χ0n) is 25.2. The highest BCUT2D eigenvalue weighted by Gasteiger charge is 2.60. The molecule has 3 rings (SSSR count). The largest absolute Gasteiger partial charge is 0.469 e. The third-order valence-electron chi connectivity index (χ3n) is 8.82. The van der Waals surface area contributed by atoms with E-state index < -0.39 is 32.4 Å². The van der Waals surface area contributed by atoms with Gasteiger partial charge in [0.15, 0.2) is 19.9 Å². The van der Waals surface area contributed by atoms with Gasteiger partial charge in [-0.05, 0) is 56.3 Å². The molecule has 0 aliphatic carbocycles.